The molecule has 0 unspecified atom stereocenters. The lowest BCUT2D eigenvalue weighted by Crippen LogP contribution is -1.97. The summed E-state index contributed by atoms with van der Waals surface area (Å²) in [4.78, 5) is 8.86. The predicted octanol–water partition coefficient (Wildman–Crippen LogP) is 5.72. The Hall–Kier alpha value is -4.00. The minimum Gasteiger partial charge on any atom is -0.357 e. The fourth-order valence-corrected chi connectivity index (χ4v) is 4.05. The molecular formula is C25H23FN6. The van der Waals surface area contributed by atoms with Crippen LogP contribution < -0.4 is 10.6 Å². The van der Waals surface area contributed by atoms with Crippen molar-refractivity contribution in [2.75, 3.05) is 17.7 Å². The first kappa shape index (κ1) is 19.9. The van der Waals surface area contributed by atoms with E-state index in [1.165, 1.54) is 6.07 Å². The van der Waals surface area contributed by atoms with Gasteiger partial charge in [0.05, 0.1) is 11.0 Å². The molecule has 0 radical (unpaired) electrons. The summed E-state index contributed by atoms with van der Waals surface area (Å²) in [7, 11) is 3.73. The van der Waals surface area contributed by atoms with Crippen LogP contribution in [0.25, 0.3) is 32.9 Å². The number of hydrogen-bond donors (Lipinski definition) is 2. The van der Waals surface area contributed by atoms with Gasteiger partial charge in [0.2, 0.25) is 5.95 Å². The predicted molar refractivity (Wildman–Crippen MR) is 128 cm³/mol. The first-order valence-corrected chi connectivity index (χ1v) is 10.4. The fraction of sp³-hybridized carbons (Fsp3) is 0.160. The third-order valence-corrected chi connectivity index (χ3v) is 5.74. The molecule has 7 heteroatoms. The third kappa shape index (κ3) is 3.32. The normalized spacial score (nSPS) is 11.3. The van der Waals surface area contributed by atoms with Crippen LogP contribution in [-0.2, 0) is 7.05 Å². The molecule has 0 aliphatic rings. The van der Waals surface area contributed by atoms with Crippen LogP contribution >= 0.6 is 0 Å². The molecule has 0 bridgehead atoms. The highest BCUT2D eigenvalue weighted by molar-refractivity contribution is 6.03. The van der Waals surface area contributed by atoms with Crippen molar-refractivity contribution in [3.05, 3.63) is 71.7 Å². The SMILES string of the molecule is CNc1ncc2cc(-c3c(C)ccc4c(Nc5ccc(C)c(F)c5)nn(C)c34)ccc2n1. The third-order valence-electron chi connectivity index (χ3n) is 5.74. The zero-order valence-corrected chi connectivity index (χ0v) is 18.4. The molecular weight excluding hydrogens is 403 g/mol. The van der Waals surface area contributed by atoms with Gasteiger partial charge >= 0.3 is 0 Å². The van der Waals surface area contributed by atoms with E-state index in [-0.39, 0.29) is 5.82 Å². The van der Waals surface area contributed by atoms with Gasteiger partial charge in [0.1, 0.15) is 5.82 Å². The molecule has 2 N–H and O–H groups in total. The minimum absolute atomic E-state index is 0.244. The van der Waals surface area contributed by atoms with Crippen LogP contribution in [0.4, 0.5) is 21.8 Å². The Morgan fingerprint density at radius 3 is 2.56 bits per heavy atom. The summed E-state index contributed by atoms with van der Waals surface area (Å²) in [6.07, 6.45) is 1.83. The van der Waals surface area contributed by atoms with Crippen LogP contribution in [0.1, 0.15) is 11.1 Å². The van der Waals surface area contributed by atoms with Crippen molar-refractivity contribution < 1.29 is 4.39 Å². The number of hydrogen-bond acceptors (Lipinski definition) is 5. The molecule has 2 heterocycles. The standard InChI is InChI=1S/C25H23FN6/c1-14-5-8-18(12-20(14)26)29-24-19-9-6-15(2)22(23(19)32(4)31-24)16-7-10-21-17(11-16)13-28-25(27-3)30-21/h5-13H,1-4H3,(H,29,31)(H,27,28,30). The molecule has 5 rings (SSSR count). The lowest BCUT2D eigenvalue weighted by molar-refractivity contribution is 0.619. The van der Waals surface area contributed by atoms with Crippen molar-refractivity contribution in [1.29, 1.82) is 0 Å². The number of nitrogens with one attached hydrogen (secondary N) is 2. The Bertz CT molecular complexity index is 1490. The molecule has 6 nitrogen and oxygen atoms in total. The second-order valence-electron chi connectivity index (χ2n) is 7.93. The van der Waals surface area contributed by atoms with E-state index in [1.54, 1.807) is 20.0 Å². The number of aromatic nitrogens is 4. The number of rotatable bonds is 4. The molecule has 5 aromatic rings. The van der Waals surface area contributed by atoms with E-state index in [2.05, 4.69) is 51.8 Å². The van der Waals surface area contributed by atoms with Crippen LogP contribution in [0.3, 0.4) is 0 Å². The molecule has 0 amide bonds. The topological polar surface area (TPSA) is 67.7 Å². The molecule has 0 saturated heterocycles. The van der Waals surface area contributed by atoms with Crippen molar-refractivity contribution in [2.45, 2.75) is 13.8 Å². The van der Waals surface area contributed by atoms with Crippen LogP contribution in [0, 0.1) is 19.7 Å². The molecule has 3 aromatic carbocycles. The summed E-state index contributed by atoms with van der Waals surface area (Å²) < 4.78 is 15.9. The Kier molecular flexibility index (Phi) is 4.74. The van der Waals surface area contributed by atoms with Gasteiger partial charge in [-0.05, 0) is 60.9 Å². The molecule has 0 spiro atoms. The Morgan fingerprint density at radius 2 is 1.78 bits per heavy atom. The number of fused-ring (bicyclic) bond motifs is 2. The maximum absolute atomic E-state index is 14.0. The van der Waals surface area contributed by atoms with Gasteiger partial charge in [-0.25, -0.2) is 14.4 Å². The molecule has 0 aliphatic heterocycles. The van der Waals surface area contributed by atoms with Gasteiger partial charge in [-0.1, -0.05) is 18.2 Å². The highest BCUT2D eigenvalue weighted by Gasteiger charge is 2.17. The van der Waals surface area contributed by atoms with Crippen LogP contribution in [0.2, 0.25) is 0 Å². The van der Waals surface area contributed by atoms with E-state index in [4.69, 9.17) is 5.10 Å². The van der Waals surface area contributed by atoms with E-state index in [9.17, 15) is 4.39 Å². The van der Waals surface area contributed by atoms with E-state index < -0.39 is 0 Å². The maximum Gasteiger partial charge on any atom is 0.222 e. The lowest BCUT2D eigenvalue weighted by atomic mass is 9.96. The van der Waals surface area contributed by atoms with Crippen LogP contribution in [0.15, 0.2) is 54.7 Å². The number of anilines is 3. The van der Waals surface area contributed by atoms with Crippen molar-refractivity contribution >= 4 is 39.3 Å². The Labute approximate surface area is 185 Å². The average Bonchev–Trinajstić information content (AvgIpc) is 3.10. The maximum atomic E-state index is 14.0. The van der Waals surface area contributed by atoms with Gasteiger partial charge in [0.25, 0.3) is 0 Å². The summed E-state index contributed by atoms with van der Waals surface area (Å²) in [5.41, 5.74) is 6.47. The number of halogens is 1. The second-order valence-corrected chi connectivity index (χ2v) is 7.93. The molecule has 0 saturated carbocycles. The van der Waals surface area contributed by atoms with Gasteiger partial charge in [0, 0.05) is 42.3 Å². The zero-order chi connectivity index (χ0) is 22.4. The quantitative estimate of drug-likeness (QED) is 0.384. The van der Waals surface area contributed by atoms with Crippen molar-refractivity contribution in [1.82, 2.24) is 19.7 Å². The van der Waals surface area contributed by atoms with E-state index >= 15 is 0 Å². The molecule has 32 heavy (non-hydrogen) atoms. The zero-order valence-electron chi connectivity index (χ0n) is 18.4. The van der Waals surface area contributed by atoms with Gasteiger partial charge < -0.3 is 10.6 Å². The minimum atomic E-state index is -0.244. The van der Waals surface area contributed by atoms with E-state index in [1.807, 2.05) is 30.1 Å². The smallest absolute Gasteiger partial charge is 0.222 e. The summed E-state index contributed by atoms with van der Waals surface area (Å²) >= 11 is 0. The second kappa shape index (κ2) is 7.60. The van der Waals surface area contributed by atoms with Gasteiger partial charge in [-0.2, -0.15) is 5.10 Å². The lowest BCUT2D eigenvalue weighted by Gasteiger charge is -2.11. The number of nitrogens with zero attached hydrogens (tertiary/aromatic N) is 4. The molecule has 0 fully saturated rings. The van der Waals surface area contributed by atoms with E-state index in [0.717, 1.165) is 38.5 Å². The summed E-state index contributed by atoms with van der Waals surface area (Å²) in [6, 6.07) is 15.4. The Morgan fingerprint density at radius 1 is 0.969 bits per heavy atom. The summed E-state index contributed by atoms with van der Waals surface area (Å²) in [6.45, 7) is 3.84. The first-order chi connectivity index (χ1) is 15.4. The first-order valence-electron chi connectivity index (χ1n) is 10.4. The highest BCUT2D eigenvalue weighted by atomic mass is 19.1. The van der Waals surface area contributed by atoms with Gasteiger partial charge in [0.15, 0.2) is 5.82 Å². The largest absolute Gasteiger partial charge is 0.357 e. The fourth-order valence-electron chi connectivity index (χ4n) is 4.05. The summed E-state index contributed by atoms with van der Waals surface area (Å²) in [5, 5.41) is 12.9. The number of benzene rings is 3. The van der Waals surface area contributed by atoms with Gasteiger partial charge in [-0.15, -0.1) is 0 Å². The van der Waals surface area contributed by atoms with Crippen molar-refractivity contribution in [2.24, 2.45) is 7.05 Å². The summed E-state index contributed by atoms with van der Waals surface area (Å²) in [5.74, 6) is 1.04. The monoisotopic (exact) mass is 426 g/mol. The van der Waals surface area contributed by atoms with Crippen LogP contribution in [-0.4, -0.2) is 26.8 Å². The molecule has 2 aromatic heterocycles. The molecule has 0 atom stereocenters. The number of aryl methyl sites for hydroxylation is 3. The van der Waals surface area contributed by atoms with Crippen LogP contribution in [0.5, 0.6) is 0 Å². The molecule has 160 valence electrons. The van der Waals surface area contributed by atoms with E-state index in [0.29, 0.717) is 23.0 Å². The van der Waals surface area contributed by atoms with Crippen molar-refractivity contribution in [3.8, 4) is 11.1 Å². The van der Waals surface area contributed by atoms with Gasteiger partial charge in [-0.3, -0.25) is 4.68 Å². The Balaban J connectivity index is 1.64. The van der Waals surface area contributed by atoms with Crippen molar-refractivity contribution in [3.63, 3.8) is 0 Å². The average molecular weight is 426 g/mol. The molecule has 0 aliphatic carbocycles. The highest BCUT2D eigenvalue weighted by Crippen LogP contribution is 2.37.